The van der Waals surface area contributed by atoms with Crippen molar-refractivity contribution in [2.45, 2.75) is 24.9 Å². The molecule has 1 saturated heterocycles. The molecule has 10 nitrogen and oxygen atoms in total. The number of rotatable bonds is 4. The van der Waals surface area contributed by atoms with Gasteiger partial charge in [-0.3, -0.25) is 4.57 Å². The maximum atomic E-state index is 10.2. The van der Waals surface area contributed by atoms with Gasteiger partial charge in [0.1, 0.15) is 12.4 Å². The average molecular weight is 329 g/mol. The maximum absolute atomic E-state index is 10.2. The fourth-order valence-electron chi connectivity index (χ4n) is 2.70. The molecule has 124 valence electrons. The van der Waals surface area contributed by atoms with Gasteiger partial charge in [-0.15, -0.1) is 0 Å². The summed E-state index contributed by atoms with van der Waals surface area (Å²) < 4.78 is 7.28. The van der Waals surface area contributed by atoms with E-state index in [2.05, 4.69) is 30.2 Å². The van der Waals surface area contributed by atoms with Gasteiger partial charge >= 0.3 is 0 Å². The first-order valence-corrected chi connectivity index (χ1v) is 7.42. The van der Waals surface area contributed by atoms with Gasteiger partial charge in [0.05, 0.1) is 19.0 Å². The van der Waals surface area contributed by atoms with Gasteiger partial charge in [-0.25, -0.2) is 24.9 Å². The van der Waals surface area contributed by atoms with Crippen LogP contribution >= 0.6 is 0 Å². The molecule has 1 aliphatic rings. The molecule has 0 unspecified atom stereocenters. The van der Waals surface area contributed by atoms with Crippen LogP contribution in [0.25, 0.3) is 11.2 Å². The Hall–Kier alpha value is -2.69. The molecule has 0 spiro atoms. The van der Waals surface area contributed by atoms with Crippen molar-refractivity contribution in [1.82, 2.24) is 29.5 Å². The lowest BCUT2D eigenvalue weighted by Crippen LogP contribution is -2.19. The lowest BCUT2D eigenvalue weighted by atomic mass is 10.2. The summed E-state index contributed by atoms with van der Waals surface area (Å²) in [6, 6.07) is 1.71. The monoisotopic (exact) mass is 329 g/mol. The minimum absolute atomic E-state index is 0.146. The second-order valence-electron chi connectivity index (χ2n) is 5.38. The van der Waals surface area contributed by atoms with Crippen molar-refractivity contribution in [3.05, 3.63) is 31.1 Å². The summed E-state index contributed by atoms with van der Waals surface area (Å²) in [6.07, 6.45) is 4.70. The van der Waals surface area contributed by atoms with E-state index in [-0.39, 0.29) is 6.61 Å². The maximum Gasteiger partial charge on any atom is 0.228 e. The molecule has 0 saturated carbocycles. The molecule has 0 amide bonds. The van der Waals surface area contributed by atoms with Crippen molar-refractivity contribution in [2.75, 3.05) is 11.9 Å². The van der Waals surface area contributed by atoms with E-state index < -0.39 is 18.4 Å². The summed E-state index contributed by atoms with van der Waals surface area (Å²) in [4.78, 5) is 20.9. The fraction of sp³-hybridized carbons (Fsp3) is 0.357. The number of aromatic nitrogens is 6. The Morgan fingerprint density at radius 1 is 1.21 bits per heavy atom. The Bertz CT molecular complexity index is 841. The van der Waals surface area contributed by atoms with Crippen molar-refractivity contribution in [2.24, 2.45) is 0 Å². The number of ether oxygens (including phenoxy) is 1. The Kier molecular flexibility index (Phi) is 3.76. The Morgan fingerprint density at radius 2 is 2.04 bits per heavy atom. The Balaban J connectivity index is 1.69. The van der Waals surface area contributed by atoms with Crippen LogP contribution in [0.3, 0.4) is 0 Å². The predicted molar refractivity (Wildman–Crippen MR) is 82.3 cm³/mol. The second-order valence-corrected chi connectivity index (χ2v) is 5.38. The molecule has 0 aliphatic carbocycles. The van der Waals surface area contributed by atoms with Gasteiger partial charge in [-0.05, 0) is 6.07 Å². The van der Waals surface area contributed by atoms with Gasteiger partial charge in [-0.1, -0.05) is 0 Å². The first-order valence-electron chi connectivity index (χ1n) is 7.42. The normalized spacial score (nSPS) is 23.7. The van der Waals surface area contributed by atoms with Crippen LogP contribution in [0.4, 0.5) is 11.8 Å². The van der Waals surface area contributed by atoms with Crippen LogP contribution in [-0.2, 0) is 4.74 Å². The highest BCUT2D eigenvalue weighted by molar-refractivity contribution is 5.84. The molecular formula is C14H15N7O3. The van der Waals surface area contributed by atoms with Gasteiger partial charge in [0, 0.05) is 18.8 Å². The molecule has 3 aromatic heterocycles. The minimum atomic E-state index is -0.747. The van der Waals surface area contributed by atoms with E-state index in [9.17, 15) is 10.2 Å². The number of nitrogens with zero attached hydrogens (tertiary/aromatic N) is 6. The molecule has 24 heavy (non-hydrogen) atoms. The number of anilines is 2. The number of aliphatic hydroxyl groups excluding tert-OH is 2. The highest BCUT2D eigenvalue weighted by Crippen LogP contribution is 2.31. The zero-order chi connectivity index (χ0) is 16.5. The third kappa shape index (κ3) is 2.56. The average Bonchev–Trinajstić information content (AvgIpc) is 3.19. The summed E-state index contributed by atoms with van der Waals surface area (Å²) in [5, 5.41) is 22.4. The van der Waals surface area contributed by atoms with Crippen molar-refractivity contribution >= 4 is 22.9 Å². The van der Waals surface area contributed by atoms with Crippen LogP contribution in [-0.4, -0.2) is 58.5 Å². The predicted octanol–water partition coefficient (Wildman–Crippen LogP) is 0.000600. The van der Waals surface area contributed by atoms with Crippen molar-refractivity contribution < 1.29 is 14.9 Å². The smallest absolute Gasteiger partial charge is 0.228 e. The van der Waals surface area contributed by atoms with E-state index in [1.54, 1.807) is 23.0 Å². The summed E-state index contributed by atoms with van der Waals surface area (Å²) >= 11 is 0. The molecule has 1 fully saturated rings. The standard InChI is InChI=1S/C14H15N7O3/c22-5-8-4-9(23)13(24-8)21-7-19-10-11(17-6-18-12(10)21)20-14-15-2-1-3-16-14/h1-3,6-9,13,22-23H,4-5H2,(H,15,16,17,18,20)/t8-,9+,13+/m0/s1. The van der Waals surface area contributed by atoms with Crippen LogP contribution in [0.1, 0.15) is 12.6 Å². The van der Waals surface area contributed by atoms with E-state index in [0.29, 0.717) is 29.4 Å². The summed E-state index contributed by atoms with van der Waals surface area (Å²) in [6.45, 7) is -0.146. The topological polar surface area (TPSA) is 131 Å². The largest absolute Gasteiger partial charge is 0.394 e. The first-order chi connectivity index (χ1) is 11.8. The van der Waals surface area contributed by atoms with Crippen molar-refractivity contribution in [1.29, 1.82) is 0 Å². The van der Waals surface area contributed by atoms with Crippen LogP contribution < -0.4 is 5.32 Å². The number of hydrogen-bond donors (Lipinski definition) is 3. The van der Waals surface area contributed by atoms with Gasteiger partial charge < -0.3 is 20.3 Å². The third-order valence-corrected chi connectivity index (χ3v) is 3.80. The van der Waals surface area contributed by atoms with Crippen molar-refractivity contribution in [3.8, 4) is 0 Å². The van der Waals surface area contributed by atoms with Gasteiger partial charge in [0.2, 0.25) is 5.95 Å². The molecule has 1 aliphatic heterocycles. The number of hydrogen-bond acceptors (Lipinski definition) is 9. The van der Waals surface area contributed by atoms with Gasteiger partial charge in [0.25, 0.3) is 0 Å². The van der Waals surface area contributed by atoms with E-state index in [0.717, 1.165) is 0 Å². The van der Waals surface area contributed by atoms with Crippen LogP contribution in [0.5, 0.6) is 0 Å². The van der Waals surface area contributed by atoms with E-state index >= 15 is 0 Å². The summed E-state index contributed by atoms with van der Waals surface area (Å²) in [5.41, 5.74) is 1.01. The lowest BCUT2D eigenvalue weighted by molar-refractivity contribution is -0.0486. The highest BCUT2D eigenvalue weighted by atomic mass is 16.5. The Morgan fingerprint density at radius 3 is 2.79 bits per heavy atom. The molecule has 3 N–H and O–H groups in total. The van der Waals surface area contributed by atoms with Crippen LogP contribution in [0.2, 0.25) is 0 Å². The molecule has 4 rings (SSSR count). The van der Waals surface area contributed by atoms with Gasteiger partial charge in [-0.2, -0.15) is 0 Å². The number of imidazole rings is 1. The van der Waals surface area contributed by atoms with Crippen molar-refractivity contribution in [3.63, 3.8) is 0 Å². The molecule has 10 heteroatoms. The molecule has 0 aromatic carbocycles. The number of fused-ring (bicyclic) bond motifs is 1. The zero-order valence-electron chi connectivity index (χ0n) is 12.5. The molecular weight excluding hydrogens is 314 g/mol. The highest BCUT2D eigenvalue weighted by Gasteiger charge is 2.36. The molecule has 0 radical (unpaired) electrons. The van der Waals surface area contributed by atoms with E-state index in [4.69, 9.17) is 4.74 Å². The molecule has 0 bridgehead atoms. The third-order valence-electron chi connectivity index (χ3n) is 3.80. The molecule has 4 heterocycles. The number of nitrogens with one attached hydrogen (secondary N) is 1. The number of aliphatic hydroxyl groups is 2. The second kappa shape index (κ2) is 6.07. The fourth-order valence-corrected chi connectivity index (χ4v) is 2.70. The summed E-state index contributed by atoms with van der Waals surface area (Å²) in [5.74, 6) is 0.848. The summed E-state index contributed by atoms with van der Waals surface area (Å²) in [7, 11) is 0. The minimum Gasteiger partial charge on any atom is -0.394 e. The van der Waals surface area contributed by atoms with E-state index in [1.165, 1.54) is 12.7 Å². The van der Waals surface area contributed by atoms with Crippen LogP contribution in [0.15, 0.2) is 31.1 Å². The van der Waals surface area contributed by atoms with Crippen LogP contribution in [0, 0.1) is 0 Å². The molecule has 3 aromatic rings. The van der Waals surface area contributed by atoms with E-state index in [1.807, 2.05) is 0 Å². The SMILES string of the molecule is OC[C@@H]1C[C@@H](O)[C@H](n2cnc3c(Nc4ncccn4)ncnc32)O1. The molecule has 3 atom stereocenters. The van der Waals surface area contributed by atoms with Gasteiger partial charge in [0.15, 0.2) is 23.2 Å². The Labute approximate surface area is 136 Å². The zero-order valence-corrected chi connectivity index (χ0v) is 12.5. The quantitative estimate of drug-likeness (QED) is 0.605. The lowest BCUT2D eigenvalue weighted by Gasteiger charge is -2.16. The first kappa shape index (κ1) is 14.9.